The molecule has 0 aliphatic carbocycles. The lowest BCUT2D eigenvalue weighted by molar-refractivity contribution is 0.0908. The van der Waals surface area contributed by atoms with Gasteiger partial charge < -0.3 is 5.32 Å². The molecule has 1 aliphatic heterocycles. The molecule has 0 radical (unpaired) electrons. The highest BCUT2D eigenvalue weighted by Gasteiger charge is 2.24. The minimum absolute atomic E-state index is 0.0919. The third-order valence-electron chi connectivity index (χ3n) is 6.25. The predicted octanol–water partition coefficient (Wildman–Crippen LogP) is 3.52. The van der Waals surface area contributed by atoms with Crippen LogP contribution in [0.2, 0.25) is 5.02 Å². The predicted molar refractivity (Wildman–Crippen MR) is 136 cm³/mol. The van der Waals surface area contributed by atoms with Gasteiger partial charge in [-0.1, -0.05) is 37.1 Å². The van der Waals surface area contributed by atoms with Crippen molar-refractivity contribution >= 4 is 27.5 Å². The van der Waals surface area contributed by atoms with Crippen molar-refractivity contribution in [1.82, 2.24) is 20.0 Å². The molecule has 186 valence electrons. The summed E-state index contributed by atoms with van der Waals surface area (Å²) in [7, 11) is -3.68. The standard InChI is InChI=1S/C25H30ClN5O3S/c1-2-3-24-23(16-28-31(24)21-8-6-19(26)7-9-21)25(32)29-20-12-14-30(15-13-20)17-18-4-10-22(11-5-18)35(27,33)34/h4-11,16,20H,2-3,12-15,17H2,1H3,(H,29,32)(H2,27,33,34). The Hall–Kier alpha value is -2.72. The Bertz CT molecular complexity index is 1270. The van der Waals surface area contributed by atoms with Crippen LogP contribution in [0.1, 0.15) is 47.8 Å². The summed E-state index contributed by atoms with van der Waals surface area (Å²) in [5.41, 5.74) is 3.41. The number of primary sulfonamides is 1. The molecule has 1 amide bonds. The Labute approximate surface area is 211 Å². The van der Waals surface area contributed by atoms with Gasteiger partial charge in [0.05, 0.1) is 28.0 Å². The molecule has 0 atom stereocenters. The minimum atomic E-state index is -3.68. The number of hydrogen-bond acceptors (Lipinski definition) is 5. The number of nitrogens with zero attached hydrogens (tertiary/aromatic N) is 3. The molecule has 3 N–H and O–H groups in total. The molecule has 35 heavy (non-hydrogen) atoms. The molecule has 1 saturated heterocycles. The second-order valence-corrected chi connectivity index (χ2v) is 10.9. The van der Waals surface area contributed by atoms with E-state index in [1.165, 1.54) is 12.1 Å². The first-order chi connectivity index (χ1) is 16.7. The van der Waals surface area contributed by atoms with Crippen LogP contribution in [0.15, 0.2) is 59.6 Å². The summed E-state index contributed by atoms with van der Waals surface area (Å²) in [4.78, 5) is 15.6. The van der Waals surface area contributed by atoms with Crippen molar-refractivity contribution in [2.45, 2.75) is 50.1 Å². The van der Waals surface area contributed by atoms with Gasteiger partial charge in [-0.25, -0.2) is 18.2 Å². The van der Waals surface area contributed by atoms with Crippen molar-refractivity contribution in [2.75, 3.05) is 13.1 Å². The lowest BCUT2D eigenvalue weighted by Crippen LogP contribution is -2.44. The molecule has 0 unspecified atom stereocenters. The fraction of sp³-hybridized carbons (Fsp3) is 0.360. The van der Waals surface area contributed by atoms with Crippen molar-refractivity contribution in [3.8, 4) is 5.69 Å². The second kappa shape index (κ2) is 10.9. The van der Waals surface area contributed by atoms with E-state index in [1.54, 1.807) is 18.3 Å². The van der Waals surface area contributed by atoms with Crippen molar-refractivity contribution in [3.05, 3.63) is 76.6 Å². The molecule has 3 aromatic rings. The van der Waals surface area contributed by atoms with Crippen LogP contribution in [0.25, 0.3) is 5.69 Å². The van der Waals surface area contributed by atoms with Gasteiger partial charge in [-0.3, -0.25) is 9.69 Å². The molecule has 1 fully saturated rings. The number of nitrogens with one attached hydrogen (secondary N) is 1. The summed E-state index contributed by atoms with van der Waals surface area (Å²) < 4.78 is 24.7. The number of benzene rings is 2. The first-order valence-electron chi connectivity index (χ1n) is 11.7. The number of sulfonamides is 1. The smallest absolute Gasteiger partial charge is 0.254 e. The first kappa shape index (κ1) is 25.4. The number of hydrogen-bond donors (Lipinski definition) is 2. The van der Waals surface area contributed by atoms with Crippen LogP contribution < -0.4 is 10.5 Å². The van der Waals surface area contributed by atoms with E-state index in [2.05, 4.69) is 22.2 Å². The minimum Gasteiger partial charge on any atom is -0.349 e. The fourth-order valence-corrected chi connectivity index (χ4v) is 5.03. The zero-order valence-electron chi connectivity index (χ0n) is 19.7. The van der Waals surface area contributed by atoms with E-state index in [9.17, 15) is 13.2 Å². The van der Waals surface area contributed by atoms with E-state index < -0.39 is 10.0 Å². The van der Waals surface area contributed by atoms with Crippen LogP contribution in [-0.4, -0.2) is 48.1 Å². The van der Waals surface area contributed by atoms with Gasteiger partial charge in [0.15, 0.2) is 0 Å². The fourth-order valence-electron chi connectivity index (χ4n) is 4.39. The summed E-state index contributed by atoms with van der Waals surface area (Å²) in [6.07, 6.45) is 4.98. The molecule has 2 aromatic carbocycles. The maximum absolute atomic E-state index is 13.1. The molecular formula is C25H30ClN5O3S. The number of nitrogens with two attached hydrogens (primary N) is 1. The number of likely N-dealkylation sites (tertiary alicyclic amines) is 1. The molecule has 8 nitrogen and oxygen atoms in total. The van der Waals surface area contributed by atoms with Gasteiger partial charge in [0.2, 0.25) is 10.0 Å². The van der Waals surface area contributed by atoms with Gasteiger partial charge in [0.25, 0.3) is 5.91 Å². The third kappa shape index (κ3) is 6.29. The lowest BCUT2D eigenvalue weighted by Gasteiger charge is -2.32. The SMILES string of the molecule is CCCc1c(C(=O)NC2CCN(Cc3ccc(S(N)(=O)=O)cc3)CC2)cnn1-c1ccc(Cl)cc1. The Morgan fingerprint density at radius 1 is 1.11 bits per heavy atom. The van der Waals surface area contributed by atoms with Gasteiger partial charge in [-0.2, -0.15) is 5.10 Å². The first-order valence-corrected chi connectivity index (χ1v) is 13.6. The summed E-state index contributed by atoms with van der Waals surface area (Å²) in [6, 6.07) is 14.2. The van der Waals surface area contributed by atoms with Gasteiger partial charge in [-0.15, -0.1) is 0 Å². The highest BCUT2D eigenvalue weighted by Crippen LogP contribution is 2.20. The van der Waals surface area contributed by atoms with Crippen molar-refractivity contribution < 1.29 is 13.2 Å². The second-order valence-electron chi connectivity index (χ2n) is 8.86. The van der Waals surface area contributed by atoms with Crippen LogP contribution in [-0.2, 0) is 23.0 Å². The van der Waals surface area contributed by atoms with Crippen molar-refractivity contribution in [2.24, 2.45) is 5.14 Å². The summed E-state index contributed by atoms with van der Waals surface area (Å²) in [5, 5.41) is 13.5. The summed E-state index contributed by atoms with van der Waals surface area (Å²) >= 11 is 6.02. The molecule has 2 heterocycles. The highest BCUT2D eigenvalue weighted by atomic mass is 35.5. The van der Waals surface area contributed by atoms with Crippen LogP contribution in [0.4, 0.5) is 0 Å². The van der Waals surface area contributed by atoms with Crippen LogP contribution in [0.3, 0.4) is 0 Å². The zero-order chi connectivity index (χ0) is 25.0. The average Bonchev–Trinajstić information content (AvgIpc) is 3.25. The van der Waals surface area contributed by atoms with Crippen LogP contribution in [0.5, 0.6) is 0 Å². The number of piperidine rings is 1. The van der Waals surface area contributed by atoms with E-state index >= 15 is 0 Å². The maximum atomic E-state index is 13.1. The quantitative estimate of drug-likeness (QED) is 0.477. The van der Waals surface area contributed by atoms with E-state index in [0.29, 0.717) is 10.6 Å². The molecule has 10 heteroatoms. The lowest BCUT2D eigenvalue weighted by atomic mass is 10.0. The molecule has 0 bridgehead atoms. The van der Waals surface area contributed by atoms with Gasteiger partial charge in [0.1, 0.15) is 0 Å². The number of halogens is 1. The van der Waals surface area contributed by atoms with Crippen molar-refractivity contribution in [3.63, 3.8) is 0 Å². The van der Waals surface area contributed by atoms with E-state index in [4.69, 9.17) is 16.7 Å². The molecule has 0 spiro atoms. The third-order valence-corrected chi connectivity index (χ3v) is 7.43. The van der Waals surface area contributed by atoms with Crippen LogP contribution >= 0.6 is 11.6 Å². The Morgan fingerprint density at radius 2 is 1.77 bits per heavy atom. The number of amides is 1. The summed E-state index contributed by atoms with van der Waals surface area (Å²) in [5.74, 6) is -0.0919. The average molecular weight is 516 g/mol. The van der Waals surface area contributed by atoms with Gasteiger partial charge in [0, 0.05) is 30.7 Å². The Kier molecular flexibility index (Phi) is 7.91. The normalized spacial score (nSPS) is 15.3. The van der Waals surface area contributed by atoms with E-state index in [0.717, 1.165) is 62.3 Å². The number of rotatable bonds is 8. The number of aromatic nitrogens is 2. The largest absolute Gasteiger partial charge is 0.349 e. The summed E-state index contributed by atoms with van der Waals surface area (Å²) in [6.45, 7) is 4.49. The number of carbonyl (C=O) groups excluding carboxylic acids is 1. The Morgan fingerprint density at radius 3 is 2.37 bits per heavy atom. The molecule has 1 aromatic heterocycles. The molecule has 4 rings (SSSR count). The van der Waals surface area contributed by atoms with Crippen molar-refractivity contribution in [1.29, 1.82) is 0 Å². The van der Waals surface area contributed by atoms with Gasteiger partial charge >= 0.3 is 0 Å². The molecule has 0 saturated carbocycles. The number of carbonyl (C=O) groups is 1. The monoisotopic (exact) mass is 515 g/mol. The zero-order valence-corrected chi connectivity index (χ0v) is 21.2. The van der Waals surface area contributed by atoms with Gasteiger partial charge in [-0.05, 0) is 61.2 Å². The highest BCUT2D eigenvalue weighted by molar-refractivity contribution is 7.89. The van der Waals surface area contributed by atoms with E-state index in [-0.39, 0.29) is 16.8 Å². The topological polar surface area (TPSA) is 110 Å². The molecule has 1 aliphatic rings. The molecular weight excluding hydrogens is 486 g/mol. The van der Waals surface area contributed by atoms with Crippen LogP contribution in [0, 0.1) is 0 Å². The Balaban J connectivity index is 1.35. The van der Waals surface area contributed by atoms with E-state index in [1.807, 2.05) is 28.9 Å². The maximum Gasteiger partial charge on any atom is 0.254 e.